The Bertz CT molecular complexity index is 931. The first-order chi connectivity index (χ1) is 13.3. The van der Waals surface area contributed by atoms with Crippen molar-refractivity contribution in [3.8, 4) is 17.0 Å². The number of amides is 2. The summed E-state index contributed by atoms with van der Waals surface area (Å²) in [6.07, 6.45) is 4.82. The summed E-state index contributed by atoms with van der Waals surface area (Å²) in [6.45, 7) is 0.909. The first-order valence-corrected chi connectivity index (χ1v) is 8.91. The molecule has 1 aliphatic rings. The van der Waals surface area contributed by atoms with Crippen LogP contribution in [0.25, 0.3) is 11.3 Å². The van der Waals surface area contributed by atoms with Gasteiger partial charge in [-0.15, -0.1) is 0 Å². The fourth-order valence-electron chi connectivity index (χ4n) is 3.21. The van der Waals surface area contributed by atoms with Crippen LogP contribution < -0.4 is 4.74 Å². The Hall–Kier alpha value is -3.41. The summed E-state index contributed by atoms with van der Waals surface area (Å²) >= 11 is 0. The topological polar surface area (TPSA) is 75.3 Å². The molecular formula is C21H19N3O3. The van der Waals surface area contributed by atoms with Crippen LogP contribution in [0.4, 0.5) is 0 Å². The molecule has 136 valence electrons. The van der Waals surface area contributed by atoms with Crippen molar-refractivity contribution in [3.63, 3.8) is 0 Å². The van der Waals surface area contributed by atoms with E-state index in [9.17, 15) is 9.59 Å². The molecule has 2 amide bonds. The molecule has 2 aromatic carbocycles. The third-order valence-corrected chi connectivity index (χ3v) is 4.59. The van der Waals surface area contributed by atoms with Gasteiger partial charge in [0.2, 0.25) is 0 Å². The number of aromatic nitrogens is 2. The van der Waals surface area contributed by atoms with Crippen LogP contribution in [0.1, 0.15) is 33.6 Å². The minimum Gasteiger partial charge on any atom is -0.493 e. The Labute approximate surface area is 156 Å². The van der Waals surface area contributed by atoms with Crippen molar-refractivity contribution in [2.24, 2.45) is 0 Å². The molecule has 27 heavy (non-hydrogen) atoms. The molecule has 0 spiro atoms. The quantitative estimate of drug-likeness (QED) is 0.516. The Morgan fingerprint density at radius 2 is 1.56 bits per heavy atom. The highest BCUT2D eigenvalue weighted by Crippen LogP contribution is 2.28. The number of H-pyrrole nitrogens is 1. The van der Waals surface area contributed by atoms with Crippen molar-refractivity contribution < 1.29 is 14.3 Å². The zero-order valence-electron chi connectivity index (χ0n) is 14.7. The zero-order chi connectivity index (χ0) is 18.6. The van der Waals surface area contributed by atoms with Gasteiger partial charge in [0.25, 0.3) is 11.8 Å². The normalized spacial score (nSPS) is 13.1. The molecule has 0 fully saturated rings. The number of aromatic amines is 1. The highest BCUT2D eigenvalue weighted by Gasteiger charge is 2.34. The highest BCUT2D eigenvalue weighted by atomic mass is 16.5. The van der Waals surface area contributed by atoms with E-state index in [0.717, 1.165) is 23.4 Å². The third-order valence-electron chi connectivity index (χ3n) is 4.59. The van der Waals surface area contributed by atoms with E-state index in [2.05, 4.69) is 9.97 Å². The van der Waals surface area contributed by atoms with E-state index in [0.29, 0.717) is 30.7 Å². The van der Waals surface area contributed by atoms with Crippen LogP contribution in [-0.2, 0) is 0 Å². The van der Waals surface area contributed by atoms with Gasteiger partial charge in [0.1, 0.15) is 5.75 Å². The number of benzene rings is 2. The average molecular weight is 361 g/mol. The van der Waals surface area contributed by atoms with Crippen LogP contribution in [-0.4, -0.2) is 39.8 Å². The van der Waals surface area contributed by atoms with Gasteiger partial charge in [-0.3, -0.25) is 14.5 Å². The molecule has 0 unspecified atom stereocenters. The molecular weight excluding hydrogens is 342 g/mol. The van der Waals surface area contributed by atoms with Gasteiger partial charge in [-0.25, -0.2) is 4.98 Å². The van der Waals surface area contributed by atoms with Crippen LogP contribution >= 0.6 is 0 Å². The van der Waals surface area contributed by atoms with Gasteiger partial charge >= 0.3 is 0 Å². The molecule has 1 aromatic heterocycles. The van der Waals surface area contributed by atoms with Crippen LogP contribution in [0.2, 0.25) is 0 Å². The largest absolute Gasteiger partial charge is 0.493 e. The molecule has 6 heteroatoms. The number of unbranched alkanes of at least 4 members (excludes halogenated alkanes) is 1. The molecule has 3 aromatic rings. The van der Waals surface area contributed by atoms with E-state index >= 15 is 0 Å². The van der Waals surface area contributed by atoms with Crippen LogP contribution in [0.5, 0.6) is 5.75 Å². The number of nitrogens with zero attached hydrogens (tertiary/aromatic N) is 2. The summed E-state index contributed by atoms with van der Waals surface area (Å²) in [7, 11) is 0. The molecule has 0 saturated heterocycles. The summed E-state index contributed by atoms with van der Waals surface area (Å²) < 4.78 is 5.91. The smallest absolute Gasteiger partial charge is 0.261 e. The second-order valence-electron chi connectivity index (χ2n) is 6.32. The van der Waals surface area contributed by atoms with Crippen molar-refractivity contribution in [2.75, 3.05) is 13.2 Å². The molecule has 0 atom stereocenters. The highest BCUT2D eigenvalue weighted by molar-refractivity contribution is 6.21. The van der Waals surface area contributed by atoms with Crippen molar-refractivity contribution in [1.29, 1.82) is 0 Å². The minimum absolute atomic E-state index is 0.207. The lowest BCUT2D eigenvalue weighted by Crippen LogP contribution is -2.30. The molecule has 6 nitrogen and oxygen atoms in total. The van der Waals surface area contributed by atoms with Crippen LogP contribution in [0.15, 0.2) is 61.1 Å². The van der Waals surface area contributed by atoms with Gasteiger partial charge in [-0.1, -0.05) is 24.3 Å². The maximum absolute atomic E-state index is 12.3. The molecule has 0 radical (unpaired) electrons. The van der Waals surface area contributed by atoms with E-state index in [1.54, 1.807) is 36.8 Å². The Morgan fingerprint density at radius 1 is 0.889 bits per heavy atom. The number of carbonyl (C=O) groups excluding carboxylic acids is 2. The number of carbonyl (C=O) groups is 2. The van der Waals surface area contributed by atoms with Gasteiger partial charge < -0.3 is 9.72 Å². The summed E-state index contributed by atoms with van der Waals surface area (Å²) in [5, 5.41) is 0. The number of nitrogens with one attached hydrogen (secondary N) is 1. The predicted octanol–water partition coefficient (Wildman–Crippen LogP) is 3.53. The summed E-state index contributed by atoms with van der Waals surface area (Å²) in [5.74, 6) is 0.365. The van der Waals surface area contributed by atoms with Gasteiger partial charge in [-0.2, -0.15) is 0 Å². The second-order valence-corrected chi connectivity index (χ2v) is 6.32. The lowest BCUT2D eigenvalue weighted by molar-refractivity contribution is 0.0649. The number of imidazole rings is 1. The standard InChI is InChI=1S/C21H19N3O3/c25-20-15-7-1-2-8-16(15)21(26)24(20)11-5-6-12-27-19-10-4-3-9-17(19)18-13-22-14-23-18/h1-4,7-10,13-14H,5-6,11-12H2,(H,22,23). The number of hydrogen-bond donors (Lipinski definition) is 1. The number of ether oxygens (including phenoxy) is 1. The summed E-state index contributed by atoms with van der Waals surface area (Å²) in [5.41, 5.74) is 2.84. The maximum Gasteiger partial charge on any atom is 0.261 e. The van der Waals surface area contributed by atoms with E-state index in [-0.39, 0.29) is 11.8 Å². The first kappa shape index (κ1) is 17.0. The number of imide groups is 1. The summed E-state index contributed by atoms with van der Waals surface area (Å²) in [6, 6.07) is 14.7. The first-order valence-electron chi connectivity index (χ1n) is 8.91. The number of hydrogen-bond acceptors (Lipinski definition) is 4. The van der Waals surface area contributed by atoms with E-state index < -0.39 is 0 Å². The Balaban J connectivity index is 1.30. The van der Waals surface area contributed by atoms with Crippen molar-refractivity contribution in [3.05, 3.63) is 72.2 Å². The van der Waals surface area contributed by atoms with Crippen LogP contribution in [0.3, 0.4) is 0 Å². The fraction of sp³-hybridized carbons (Fsp3) is 0.190. The third kappa shape index (κ3) is 3.33. The molecule has 0 bridgehead atoms. The number of para-hydroxylation sites is 1. The number of rotatable bonds is 7. The zero-order valence-corrected chi connectivity index (χ0v) is 14.7. The van der Waals surface area contributed by atoms with Gasteiger partial charge in [0.05, 0.1) is 36.0 Å². The fourth-order valence-corrected chi connectivity index (χ4v) is 3.21. The van der Waals surface area contributed by atoms with E-state index in [1.807, 2.05) is 24.3 Å². The molecule has 0 saturated carbocycles. The van der Waals surface area contributed by atoms with Crippen molar-refractivity contribution >= 4 is 11.8 Å². The van der Waals surface area contributed by atoms with Crippen molar-refractivity contribution in [2.45, 2.75) is 12.8 Å². The second kappa shape index (κ2) is 7.45. The van der Waals surface area contributed by atoms with Gasteiger partial charge in [-0.05, 0) is 37.1 Å². The lowest BCUT2D eigenvalue weighted by Gasteiger charge is -2.14. The SMILES string of the molecule is O=C1c2ccccc2C(=O)N1CCCCOc1ccccc1-c1cnc[nH]1. The molecule has 0 aliphatic carbocycles. The Kier molecular flexibility index (Phi) is 4.70. The van der Waals surface area contributed by atoms with Crippen molar-refractivity contribution in [1.82, 2.24) is 14.9 Å². The van der Waals surface area contributed by atoms with E-state index in [4.69, 9.17) is 4.74 Å². The molecule has 1 N–H and O–H groups in total. The van der Waals surface area contributed by atoms with Gasteiger partial charge in [0.15, 0.2) is 0 Å². The minimum atomic E-state index is -0.207. The Morgan fingerprint density at radius 3 is 2.22 bits per heavy atom. The molecule has 2 heterocycles. The maximum atomic E-state index is 12.3. The van der Waals surface area contributed by atoms with Crippen LogP contribution in [0, 0.1) is 0 Å². The summed E-state index contributed by atoms with van der Waals surface area (Å²) in [4.78, 5) is 33.1. The molecule has 4 rings (SSSR count). The van der Waals surface area contributed by atoms with Gasteiger partial charge in [0, 0.05) is 12.1 Å². The lowest BCUT2D eigenvalue weighted by atomic mass is 10.1. The monoisotopic (exact) mass is 361 g/mol. The average Bonchev–Trinajstić information content (AvgIpc) is 3.31. The predicted molar refractivity (Wildman–Crippen MR) is 101 cm³/mol. The molecule has 1 aliphatic heterocycles. The number of fused-ring (bicyclic) bond motifs is 1. The van der Waals surface area contributed by atoms with E-state index in [1.165, 1.54) is 4.90 Å².